The number of piperidine rings is 1. The number of hydrogen-bond donors (Lipinski definition) is 2. The summed E-state index contributed by atoms with van der Waals surface area (Å²) in [5.41, 5.74) is 3.69. The summed E-state index contributed by atoms with van der Waals surface area (Å²) in [6, 6.07) is 6.57. The van der Waals surface area contributed by atoms with Crippen molar-refractivity contribution in [3.8, 4) is 0 Å². The van der Waals surface area contributed by atoms with Crippen LogP contribution >= 0.6 is 0 Å². The molecule has 1 fully saturated rings. The number of amides is 1. The molecule has 1 amide bonds. The molecule has 0 bridgehead atoms. The number of carbonyl (C=O) groups excluding carboxylic acids is 1. The Bertz CT molecular complexity index is 609. The fourth-order valence-electron chi connectivity index (χ4n) is 2.74. The van der Waals surface area contributed by atoms with E-state index >= 15 is 0 Å². The number of carboxylic acid groups (broad SMARTS) is 1. The molecule has 1 aromatic carbocycles. The van der Waals surface area contributed by atoms with Crippen molar-refractivity contribution < 1.29 is 19.5 Å². The molecule has 1 unspecified atom stereocenters. The van der Waals surface area contributed by atoms with Crippen molar-refractivity contribution >= 4 is 18.2 Å². The van der Waals surface area contributed by atoms with Gasteiger partial charge in [0.05, 0.1) is 5.56 Å². The molecule has 2 N–H and O–H groups in total. The van der Waals surface area contributed by atoms with Gasteiger partial charge in [-0.05, 0) is 25.0 Å². The second-order valence-corrected chi connectivity index (χ2v) is 5.45. The van der Waals surface area contributed by atoms with Crippen LogP contribution in [0, 0.1) is 5.92 Å². The summed E-state index contributed by atoms with van der Waals surface area (Å²) >= 11 is 0. The van der Waals surface area contributed by atoms with Crippen LogP contribution in [0.25, 0.3) is 0 Å². The smallest absolute Gasteiger partial charge is 0.335 e. The van der Waals surface area contributed by atoms with Crippen LogP contribution in [0.2, 0.25) is 0 Å². The summed E-state index contributed by atoms with van der Waals surface area (Å²) in [7, 11) is 0. The summed E-state index contributed by atoms with van der Waals surface area (Å²) in [6.45, 7) is 1.43. The number of aliphatic imine (C=N–C) groups is 1. The van der Waals surface area contributed by atoms with Crippen molar-refractivity contribution in [1.29, 1.82) is 0 Å². The Morgan fingerprint density at radius 2 is 2.18 bits per heavy atom. The van der Waals surface area contributed by atoms with Gasteiger partial charge in [0.25, 0.3) is 0 Å². The van der Waals surface area contributed by atoms with Crippen LogP contribution in [0.5, 0.6) is 0 Å². The van der Waals surface area contributed by atoms with Gasteiger partial charge in [-0.15, -0.1) is 0 Å². The van der Waals surface area contributed by atoms with Gasteiger partial charge in [0, 0.05) is 24.6 Å². The van der Waals surface area contributed by atoms with Crippen LogP contribution in [0.3, 0.4) is 0 Å². The maximum absolute atomic E-state index is 11.0. The summed E-state index contributed by atoms with van der Waals surface area (Å²) in [5.74, 6) is -0.172. The van der Waals surface area contributed by atoms with E-state index in [1.165, 1.54) is 6.07 Å². The van der Waals surface area contributed by atoms with Gasteiger partial charge in [0.15, 0.2) is 12.1 Å². The minimum absolute atomic E-state index is 0.213. The molecule has 2 aliphatic rings. The van der Waals surface area contributed by atoms with Crippen molar-refractivity contribution in [2.75, 3.05) is 13.1 Å². The summed E-state index contributed by atoms with van der Waals surface area (Å²) in [4.78, 5) is 33.5. The maximum Gasteiger partial charge on any atom is 0.335 e. The molecule has 3 rings (SSSR count). The highest BCUT2D eigenvalue weighted by atomic mass is 16.7. The topological polar surface area (TPSA) is 91.2 Å². The lowest BCUT2D eigenvalue weighted by Crippen LogP contribution is -2.37. The van der Waals surface area contributed by atoms with E-state index in [1.54, 1.807) is 23.1 Å². The zero-order valence-corrected chi connectivity index (χ0v) is 11.9. The summed E-state index contributed by atoms with van der Waals surface area (Å²) < 4.78 is 0. The third kappa shape index (κ3) is 2.94. The van der Waals surface area contributed by atoms with Crippen LogP contribution in [0.4, 0.5) is 0 Å². The van der Waals surface area contributed by atoms with Gasteiger partial charge in [-0.25, -0.2) is 20.1 Å². The Labute approximate surface area is 127 Å². The van der Waals surface area contributed by atoms with Gasteiger partial charge in [0.2, 0.25) is 6.41 Å². The Kier molecular flexibility index (Phi) is 4.06. The fraction of sp³-hybridized carbons (Fsp3) is 0.400. The molecule has 1 aromatic rings. The first-order valence-corrected chi connectivity index (χ1v) is 7.20. The number of nitrogens with zero attached hydrogens (tertiary/aromatic N) is 2. The molecule has 0 saturated carbocycles. The number of carbonyl (C=O) groups is 2. The molecule has 2 aliphatic heterocycles. The molecule has 7 heteroatoms. The quantitative estimate of drug-likeness (QED) is 0.805. The van der Waals surface area contributed by atoms with Gasteiger partial charge in [-0.3, -0.25) is 4.79 Å². The Morgan fingerprint density at radius 3 is 2.86 bits per heavy atom. The monoisotopic (exact) mass is 303 g/mol. The van der Waals surface area contributed by atoms with Crippen LogP contribution in [0.1, 0.15) is 28.8 Å². The lowest BCUT2D eigenvalue weighted by atomic mass is 9.95. The van der Waals surface area contributed by atoms with E-state index < -0.39 is 5.97 Å². The molecule has 1 atom stereocenters. The zero-order chi connectivity index (χ0) is 15.5. The Balaban J connectivity index is 1.70. The van der Waals surface area contributed by atoms with Crippen LogP contribution in [-0.2, 0) is 9.63 Å². The largest absolute Gasteiger partial charge is 0.478 e. The van der Waals surface area contributed by atoms with Gasteiger partial charge in [0.1, 0.15) is 0 Å². The first kappa shape index (κ1) is 14.5. The molecule has 1 saturated heterocycles. The lowest BCUT2D eigenvalue weighted by Gasteiger charge is -2.30. The van der Waals surface area contributed by atoms with E-state index in [-0.39, 0.29) is 17.7 Å². The number of hydrogen-bond acceptors (Lipinski definition) is 5. The first-order valence-electron chi connectivity index (χ1n) is 7.20. The van der Waals surface area contributed by atoms with E-state index in [4.69, 9.17) is 9.94 Å². The molecule has 2 heterocycles. The number of nitrogens with one attached hydrogen (secondary N) is 1. The number of benzene rings is 1. The molecule has 22 heavy (non-hydrogen) atoms. The molecule has 116 valence electrons. The second kappa shape index (κ2) is 6.15. The average molecular weight is 303 g/mol. The van der Waals surface area contributed by atoms with Gasteiger partial charge >= 0.3 is 5.97 Å². The summed E-state index contributed by atoms with van der Waals surface area (Å²) in [5, 5.41) is 9.03. The van der Waals surface area contributed by atoms with Crippen LogP contribution in [0.15, 0.2) is 29.3 Å². The number of aromatic carboxylic acids is 1. The van der Waals surface area contributed by atoms with Crippen molar-refractivity contribution in [1.82, 2.24) is 10.4 Å². The Hall–Kier alpha value is -2.41. The minimum atomic E-state index is -0.973. The third-order valence-corrected chi connectivity index (χ3v) is 4.04. The van der Waals surface area contributed by atoms with E-state index in [0.717, 1.165) is 19.3 Å². The van der Waals surface area contributed by atoms with Gasteiger partial charge in [-0.1, -0.05) is 12.1 Å². The average Bonchev–Trinajstić information content (AvgIpc) is 3.05. The molecule has 0 aromatic heterocycles. The lowest BCUT2D eigenvalue weighted by molar-refractivity contribution is -0.120. The molecule has 0 radical (unpaired) electrons. The number of hydroxylamine groups is 1. The third-order valence-electron chi connectivity index (χ3n) is 4.04. The van der Waals surface area contributed by atoms with Crippen molar-refractivity contribution in [3.63, 3.8) is 0 Å². The zero-order valence-electron chi connectivity index (χ0n) is 11.9. The van der Waals surface area contributed by atoms with Gasteiger partial charge < -0.3 is 10.0 Å². The van der Waals surface area contributed by atoms with Gasteiger partial charge in [-0.2, -0.15) is 0 Å². The highest BCUT2D eigenvalue weighted by molar-refractivity contribution is 6.01. The van der Waals surface area contributed by atoms with E-state index in [9.17, 15) is 9.59 Å². The highest BCUT2D eigenvalue weighted by Gasteiger charge is 2.30. The molecule has 7 nitrogen and oxygen atoms in total. The van der Waals surface area contributed by atoms with Crippen LogP contribution < -0.4 is 5.48 Å². The maximum atomic E-state index is 11.0. The molecule has 0 spiro atoms. The number of amidine groups is 1. The molecule has 0 aliphatic carbocycles. The van der Waals surface area contributed by atoms with Crippen molar-refractivity contribution in [2.24, 2.45) is 10.9 Å². The van der Waals surface area contributed by atoms with E-state index in [1.807, 2.05) is 0 Å². The SMILES string of the molecule is O=CN1CCC(C2N=C(c3cccc(C(=O)O)c3)NO2)CC1. The molecular weight excluding hydrogens is 286 g/mol. The van der Waals surface area contributed by atoms with E-state index in [0.29, 0.717) is 24.5 Å². The molecular formula is C15H17N3O4. The normalized spacial score (nSPS) is 22.1. The van der Waals surface area contributed by atoms with Crippen molar-refractivity contribution in [3.05, 3.63) is 35.4 Å². The number of likely N-dealkylation sites (tertiary alicyclic amines) is 1. The predicted octanol–water partition coefficient (Wildman–Crippen LogP) is 0.861. The number of carboxylic acids is 1. The first-order chi connectivity index (χ1) is 10.7. The summed E-state index contributed by atoms with van der Waals surface area (Å²) in [6.07, 6.45) is 2.27. The number of rotatable bonds is 4. The predicted molar refractivity (Wildman–Crippen MR) is 78.3 cm³/mol. The minimum Gasteiger partial charge on any atom is -0.478 e. The second-order valence-electron chi connectivity index (χ2n) is 5.45. The standard InChI is InChI=1S/C15H17N3O4/c19-9-18-6-4-10(5-7-18)14-16-13(17-22-14)11-2-1-3-12(8-11)15(20)21/h1-3,8-10,14H,4-7H2,(H,16,17)(H,20,21). The van der Waals surface area contributed by atoms with E-state index in [2.05, 4.69) is 10.5 Å². The Morgan fingerprint density at radius 1 is 1.41 bits per heavy atom. The van der Waals surface area contributed by atoms with Crippen LogP contribution in [-0.4, -0.2) is 47.5 Å². The highest BCUT2D eigenvalue weighted by Crippen LogP contribution is 2.25. The van der Waals surface area contributed by atoms with Crippen molar-refractivity contribution in [2.45, 2.75) is 19.1 Å². The fourth-order valence-corrected chi connectivity index (χ4v) is 2.74.